The number of aliphatic hydroxyl groups excluding tert-OH is 2. The number of hydrogen-bond donors (Lipinski definition) is 4. The standard InChI is InChI=1S/C25H37NO6.H2O.2H2/c1-4-15(2)26-13-19-5-6-22(30)25-20(19)11-17(12-24(25)32)10-18(7-8-27)21(14-28)23(31)9-16(3)29;;;/h5-6,15,17-18,21,26-28,30H,4,7-14H2,1-3H3;1H2;2*1H. The van der Waals surface area contributed by atoms with Crippen LogP contribution in [0.15, 0.2) is 12.1 Å². The highest BCUT2D eigenvalue weighted by molar-refractivity contribution is 6.01. The SMILES string of the molecule is CCC(C)NCc1ccc(O)c2c1CC(CC(CCO)C(CO)C(=O)CC(C)=O)CC2=O.O.[HH].[HH]. The molecule has 1 aromatic carbocycles. The fourth-order valence-electron chi connectivity index (χ4n) is 4.68. The molecule has 0 saturated heterocycles. The number of rotatable bonds is 13. The Kier molecular flexibility index (Phi) is 11.9. The van der Waals surface area contributed by atoms with E-state index in [9.17, 15) is 29.7 Å². The van der Waals surface area contributed by atoms with Gasteiger partial charge in [0.15, 0.2) is 5.78 Å². The van der Waals surface area contributed by atoms with Crippen LogP contribution in [0.5, 0.6) is 5.75 Å². The van der Waals surface area contributed by atoms with Crippen LogP contribution in [0.25, 0.3) is 0 Å². The molecule has 0 saturated carbocycles. The Labute approximate surface area is 198 Å². The lowest BCUT2D eigenvalue weighted by Gasteiger charge is -2.32. The zero-order valence-corrected chi connectivity index (χ0v) is 19.9. The van der Waals surface area contributed by atoms with Gasteiger partial charge in [0.1, 0.15) is 17.3 Å². The molecule has 190 valence electrons. The molecule has 0 amide bonds. The van der Waals surface area contributed by atoms with Crippen LogP contribution in [0.4, 0.5) is 0 Å². The Morgan fingerprint density at radius 1 is 1.24 bits per heavy atom. The van der Waals surface area contributed by atoms with Crippen LogP contribution in [0.1, 0.15) is 77.2 Å². The number of hydrogen-bond acceptors (Lipinski definition) is 7. The summed E-state index contributed by atoms with van der Waals surface area (Å²) in [7, 11) is 0. The van der Waals surface area contributed by atoms with Gasteiger partial charge in [0, 0.05) is 34.4 Å². The normalized spacial score (nSPS) is 18.1. The lowest BCUT2D eigenvalue weighted by molar-refractivity contribution is -0.131. The molecule has 0 bridgehead atoms. The van der Waals surface area contributed by atoms with Crippen molar-refractivity contribution in [1.82, 2.24) is 5.32 Å². The number of Topliss-reactive ketones (excluding diaryl/α,β-unsaturated/α-hetero) is 3. The molecule has 1 aliphatic rings. The highest BCUT2D eigenvalue weighted by Crippen LogP contribution is 2.38. The first-order valence-electron chi connectivity index (χ1n) is 11.6. The molecule has 1 aromatic rings. The number of benzene rings is 1. The van der Waals surface area contributed by atoms with Crippen molar-refractivity contribution in [2.75, 3.05) is 13.2 Å². The third kappa shape index (κ3) is 7.71. The lowest BCUT2D eigenvalue weighted by Crippen LogP contribution is -2.33. The van der Waals surface area contributed by atoms with Gasteiger partial charge in [-0.05, 0) is 68.6 Å². The molecule has 33 heavy (non-hydrogen) atoms. The topological polar surface area (TPSA) is 155 Å². The minimum atomic E-state index is -0.738. The maximum absolute atomic E-state index is 12.9. The van der Waals surface area contributed by atoms with E-state index in [4.69, 9.17) is 0 Å². The van der Waals surface area contributed by atoms with Gasteiger partial charge < -0.3 is 26.1 Å². The molecule has 0 fully saturated rings. The van der Waals surface area contributed by atoms with Crippen molar-refractivity contribution in [2.45, 2.75) is 71.9 Å². The summed E-state index contributed by atoms with van der Waals surface area (Å²) >= 11 is 0. The summed E-state index contributed by atoms with van der Waals surface area (Å²) in [4.78, 5) is 36.8. The van der Waals surface area contributed by atoms with Crippen LogP contribution >= 0.6 is 0 Å². The number of nitrogens with one attached hydrogen (secondary N) is 1. The molecule has 0 aromatic heterocycles. The van der Waals surface area contributed by atoms with E-state index >= 15 is 0 Å². The van der Waals surface area contributed by atoms with Gasteiger partial charge in [0.2, 0.25) is 0 Å². The van der Waals surface area contributed by atoms with Crippen molar-refractivity contribution in [2.24, 2.45) is 17.8 Å². The summed E-state index contributed by atoms with van der Waals surface area (Å²) in [6.07, 6.45) is 2.35. The van der Waals surface area contributed by atoms with Crippen molar-refractivity contribution < 1.29 is 38.0 Å². The van der Waals surface area contributed by atoms with Gasteiger partial charge >= 0.3 is 0 Å². The monoisotopic (exact) mass is 469 g/mol. The Morgan fingerprint density at radius 2 is 1.94 bits per heavy atom. The Balaban J connectivity index is 0. The largest absolute Gasteiger partial charge is 0.507 e. The molecule has 2 rings (SSSR count). The van der Waals surface area contributed by atoms with Crippen molar-refractivity contribution >= 4 is 17.3 Å². The number of phenols is 1. The summed E-state index contributed by atoms with van der Waals surface area (Å²) in [5.41, 5.74) is 2.19. The van der Waals surface area contributed by atoms with E-state index in [1.165, 1.54) is 6.92 Å². The minimum absolute atomic E-state index is 0. The number of carbonyl (C=O) groups is 3. The third-order valence-corrected chi connectivity index (χ3v) is 6.63. The van der Waals surface area contributed by atoms with Gasteiger partial charge in [-0.1, -0.05) is 13.0 Å². The fourth-order valence-corrected chi connectivity index (χ4v) is 4.68. The second-order valence-electron chi connectivity index (χ2n) is 9.13. The number of aliphatic hydroxyl groups is 2. The van der Waals surface area contributed by atoms with Crippen molar-refractivity contribution in [3.63, 3.8) is 0 Å². The third-order valence-electron chi connectivity index (χ3n) is 6.63. The molecule has 8 heteroatoms. The summed E-state index contributed by atoms with van der Waals surface area (Å²) in [5.74, 6) is -1.85. The van der Waals surface area contributed by atoms with Gasteiger partial charge in [-0.2, -0.15) is 0 Å². The number of fused-ring (bicyclic) bond motifs is 1. The second-order valence-corrected chi connectivity index (χ2v) is 9.13. The van der Waals surface area contributed by atoms with Crippen LogP contribution in [0, 0.1) is 17.8 Å². The summed E-state index contributed by atoms with van der Waals surface area (Å²) < 4.78 is 0. The second kappa shape index (κ2) is 13.5. The summed E-state index contributed by atoms with van der Waals surface area (Å²) in [6, 6.07) is 3.74. The van der Waals surface area contributed by atoms with Crippen LogP contribution in [0.3, 0.4) is 0 Å². The number of carbonyl (C=O) groups excluding carboxylic acids is 3. The van der Waals surface area contributed by atoms with Crippen LogP contribution in [-0.2, 0) is 22.6 Å². The molecule has 0 spiro atoms. The number of phenolic OH excluding ortho intramolecular Hbond substituents is 1. The van der Waals surface area contributed by atoms with E-state index in [0.717, 1.165) is 17.5 Å². The van der Waals surface area contributed by atoms with Crippen molar-refractivity contribution in [3.05, 3.63) is 28.8 Å². The average Bonchev–Trinajstić information content (AvgIpc) is 2.72. The quantitative estimate of drug-likeness (QED) is 0.323. The lowest BCUT2D eigenvalue weighted by atomic mass is 9.73. The molecular weight excluding hydrogens is 426 g/mol. The minimum Gasteiger partial charge on any atom is -0.507 e. The highest BCUT2D eigenvalue weighted by atomic mass is 16.3. The van der Waals surface area contributed by atoms with Crippen molar-refractivity contribution in [1.29, 1.82) is 0 Å². The molecule has 1 aliphatic carbocycles. The van der Waals surface area contributed by atoms with Gasteiger partial charge in [-0.15, -0.1) is 0 Å². The Hall–Kier alpha value is -2.13. The van der Waals surface area contributed by atoms with Crippen LogP contribution in [-0.4, -0.2) is 57.4 Å². The Bertz CT molecular complexity index is 834. The average molecular weight is 470 g/mol. The van der Waals surface area contributed by atoms with Gasteiger partial charge in [-0.25, -0.2) is 0 Å². The van der Waals surface area contributed by atoms with E-state index in [2.05, 4.69) is 19.2 Å². The van der Waals surface area contributed by atoms with Gasteiger partial charge in [0.05, 0.1) is 18.6 Å². The first kappa shape index (κ1) is 28.9. The van der Waals surface area contributed by atoms with Crippen LogP contribution in [0.2, 0.25) is 0 Å². The maximum Gasteiger partial charge on any atom is 0.167 e. The van der Waals surface area contributed by atoms with Gasteiger partial charge in [0.25, 0.3) is 0 Å². The van der Waals surface area contributed by atoms with Crippen LogP contribution < -0.4 is 5.32 Å². The molecule has 0 radical (unpaired) electrons. The van der Waals surface area contributed by atoms with Gasteiger partial charge in [-0.3, -0.25) is 14.4 Å². The number of aromatic hydroxyl groups is 1. The highest BCUT2D eigenvalue weighted by Gasteiger charge is 2.34. The molecule has 6 N–H and O–H groups in total. The van der Waals surface area contributed by atoms with E-state index in [0.29, 0.717) is 37.4 Å². The molecule has 8 nitrogen and oxygen atoms in total. The number of ketones is 3. The van der Waals surface area contributed by atoms with E-state index in [-0.39, 0.29) is 69.3 Å². The molecule has 0 aliphatic heterocycles. The first-order chi connectivity index (χ1) is 15.2. The van der Waals surface area contributed by atoms with E-state index < -0.39 is 5.92 Å². The molecule has 0 heterocycles. The Morgan fingerprint density at radius 3 is 2.52 bits per heavy atom. The molecular formula is C25H43NO7. The zero-order chi connectivity index (χ0) is 23.8. The van der Waals surface area contributed by atoms with E-state index in [1.807, 2.05) is 6.07 Å². The predicted octanol–water partition coefficient (Wildman–Crippen LogP) is 2.24. The predicted molar refractivity (Wildman–Crippen MR) is 129 cm³/mol. The smallest absolute Gasteiger partial charge is 0.167 e. The summed E-state index contributed by atoms with van der Waals surface area (Å²) in [6.45, 7) is 5.58. The fraction of sp³-hybridized carbons (Fsp3) is 0.640. The zero-order valence-electron chi connectivity index (χ0n) is 19.9. The first-order valence-corrected chi connectivity index (χ1v) is 11.6. The van der Waals surface area contributed by atoms with Crippen molar-refractivity contribution in [3.8, 4) is 5.75 Å². The van der Waals surface area contributed by atoms with E-state index in [1.54, 1.807) is 6.07 Å². The molecule has 4 atom stereocenters. The summed E-state index contributed by atoms with van der Waals surface area (Å²) in [5, 5.41) is 33.2. The molecule has 4 unspecified atom stereocenters. The maximum atomic E-state index is 12.9.